The van der Waals surface area contributed by atoms with Gasteiger partial charge in [-0.05, 0) is 51.6 Å². The number of nitrogens with zero attached hydrogens (tertiary/aromatic N) is 1. The molecule has 0 unspecified atom stereocenters. The third kappa shape index (κ3) is 4.08. The summed E-state index contributed by atoms with van der Waals surface area (Å²) in [6.07, 6.45) is -3.43. The van der Waals surface area contributed by atoms with Crippen molar-refractivity contribution in [3.8, 4) is 11.5 Å². The Bertz CT molecular complexity index is 1230. The lowest BCUT2D eigenvalue weighted by molar-refractivity contribution is -0.189. The van der Waals surface area contributed by atoms with Crippen molar-refractivity contribution in [2.45, 2.75) is 75.9 Å². The summed E-state index contributed by atoms with van der Waals surface area (Å²) in [4.78, 5) is 50.2. The van der Waals surface area contributed by atoms with Gasteiger partial charge in [-0.1, -0.05) is 6.07 Å². The monoisotopic (exact) mass is 533 g/mol. The number of benzene rings is 1. The van der Waals surface area contributed by atoms with Crippen molar-refractivity contribution in [2.24, 2.45) is 0 Å². The van der Waals surface area contributed by atoms with E-state index in [1.165, 1.54) is 12.1 Å². The van der Waals surface area contributed by atoms with E-state index in [1.54, 1.807) is 6.07 Å². The second-order valence-corrected chi connectivity index (χ2v) is 10.0. The van der Waals surface area contributed by atoms with Gasteiger partial charge in [0.05, 0.1) is 11.0 Å². The van der Waals surface area contributed by atoms with E-state index >= 15 is 0 Å². The van der Waals surface area contributed by atoms with E-state index in [1.807, 2.05) is 25.8 Å². The molecule has 0 amide bonds. The fourth-order valence-electron chi connectivity index (χ4n) is 6.01. The smallest absolute Gasteiger partial charge is 0.357 e. The molecule has 2 aliphatic heterocycles. The lowest BCUT2D eigenvalue weighted by Crippen LogP contribution is -2.71. The molecule has 2 heterocycles. The van der Waals surface area contributed by atoms with E-state index in [4.69, 9.17) is 18.9 Å². The predicted molar refractivity (Wildman–Crippen MR) is 128 cm³/mol. The zero-order chi connectivity index (χ0) is 28.2. The SMILES string of the molecule is CC(=O)O[C@@H](C(=O)O)[C@@H](OC(C)=O)C(=O)OC1=CC[C@@]2(O)[C@@H](C)N(C)CC[C@@]23c2c(C)ccc(O)c2O[C@@H]13. The molecule has 1 aromatic carbocycles. The predicted octanol–water partition coefficient (Wildman–Crippen LogP) is 0.933. The molecule has 1 fully saturated rings. The molecule has 1 aliphatic carbocycles. The quantitative estimate of drug-likeness (QED) is 0.350. The van der Waals surface area contributed by atoms with Crippen LogP contribution in [-0.4, -0.2) is 87.6 Å². The molecule has 0 radical (unpaired) electrons. The minimum absolute atomic E-state index is 0.0417. The number of aryl methyl sites for hydroxylation is 1. The highest BCUT2D eigenvalue weighted by Crippen LogP contribution is 2.62. The molecule has 38 heavy (non-hydrogen) atoms. The third-order valence-corrected chi connectivity index (χ3v) is 7.89. The Morgan fingerprint density at radius 2 is 1.76 bits per heavy atom. The van der Waals surface area contributed by atoms with Crippen LogP contribution in [-0.2, 0) is 38.8 Å². The normalized spacial score (nSPS) is 29.4. The van der Waals surface area contributed by atoms with Crippen LogP contribution in [0.2, 0.25) is 0 Å². The van der Waals surface area contributed by atoms with Gasteiger partial charge in [0, 0.05) is 31.9 Å². The summed E-state index contributed by atoms with van der Waals surface area (Å²) in [6, 6.07) is 2.84. The molecular formula is C26H31NO11. The number of rotatable bonds is 6. The largest absolute Gasteiger partial charge is 0.504 e. The molecule has 3 aliphatic rings. The fraction of sp³-hybridized carbons (Fsp3) is 0.538. The van der Waals surface area contributed by atoms with Gasteiger partial charge in [-0.15, -0.1) is 0 Å². The number of aliphatic hydroxyl groups is 1. The van der Waals surface area contributed by atoms with E-state index in [0.29, 0.717) is 18.5 Å². The highest BCUT2D eigenvalue weighted by atomic mass is 16.6. The summed E-state index contributed by atoms with van der Waals surface area (Å²) < 4.78 is 21.4. The summed E-state index contributed by atoms with van der Waals surface area (Å²) in [5.41, 5.74) is -1.14. The van der Waals surface area contributed by atoms with Crippen molar-refractivity contribution < 1.29 is 53.4 Å². The molecule has 1 spiro atoms. The first-order chi connectivity index (χ1) is 17.7. The Labute approximate surface area is 218 Å². The maximum absolute atomic E-state index is 13.3. The van der Waals surface area contributed by atoms with Gasteiger partial charge in [0.2, 0.25) is 12.2 Å². The number of fused-ring (bicyclic) bond motifs is 1. The summed E-state index contributed by atoms with van der Waals surface area (Å²) in [5, 5.41) is 32.4. The van der Waals surface area contributed by atoms with Gasteiger partial charge >= 0.3 is 23.9 Å². The highest BCUT2D eigenvalue weighted by molar-refractivity contribution is 5.88. The zero-order valence-electron chi connectivity index (χ0n) is 21.7. The third-order valence-electron chi connectivity index (χ3n) is 7.89. The van der Waals surface area contributed by atoms with Crippen LogP contribution in [0.1, 0.15) is 44.7 Å². The molecule has 6 atom stereocenters. The number of esters is 3. The second kappa shape index (κ2) is 9.59. The summed E-state index contributed by atoms with van der Waals surface area (Å²) >= 11 is 0. The molecule has 4 rings (SSSR count). The van der Waals surface area contributed by atoms with Crippen LogP contribution >= 0.6 is 0 Å². The van der Waals surface area contributed by atoms with Gasteiger partial charge in [0.15, 0.2) is 17.6 Å². The molecule has 0 saturated carbocycles. The Morgan fingerprint density at radius 3 is 2.37 bits per heavy atom. The maximum Gasteiger partial charge on any atom is 0.357 e. The molecule has 206 valence electrons. The van der Waals surface area contributed by atoms with Crippen molar-refractivity contribution in [1.82, 2.24) is 4.90 Å². The van der Waals surface area contributed by atoms with Crippen LogP contribution in [0.3, 0.4) is 0 Å². The number of likely N-dealkylation sites (tertiary alicyclic amines) is 1. The number of carbonyl (C=O) groups excluding carboxylic acids is 3. The van der Waals surface area contributed by atoms with Crippen molar-refractivity contribution in [1.29, 1.82) is 0 Å². The average molecular weight is 534 g/mol. The van der Waals surface area contributed by atoms with Crippen LogP contribution < -0.4 is 4.74 Å². The van der Waals surface area contributed by atoms with Crippen LogP contribution in [0.25, 0.3) is 0 Å². The first kappa shape index (κ1) is 27.4. The summed E-state index contributed by atoms with van der Waals surface area (Å²) in [5.74, 6) is -5.06. The number of phenolic OH excluding ortho intramolecular Hbond substituents is 1. The fourth-order valence-corrected chi connectivity index (χ4v) is 6.01. The van der Waals surface area contributed by atoms with Gasteiger partial charge in [0.1, 0.15) is 5.76 Å². The molecule has 12 nitrogen and oxygen atoms in total. The minimum Gasteiger partial charge on any atom is -0.504 e. The van der Waals surface area contributed by atoms with E-state index < -0.39 is 53.2 Å². The molecular weight excluding hydrogens is 502 g/mol. The number of aliphatic carboxylic acids is 1. The number of likely N-dealkylation sites (N-methyl/N-ethyl adjacent to an activating group) is 1. The number of carbonyl (C=O) groups is 4. The molecule has 0 aromatic heterocycles. The Morgan fingerprint density at radius 1 is 1.13 bits per heavy atom. The van der Waals surface area contributed by atoms with Crippen LogP contribution in [0.4, 0.5) is 0 Å². The number of ether oxygens (including phenoxy) is 4. The van der Waals surface area contributed by atoms with E-state index in [0.717, 1.165) is 19.4 Å². The van der Waals surface area contributed by atoms with E-state index in [9.17, 15) is 34.5 Å². The zero-order valence-corrected chi connectivity index (χ0v) is 21.7. The minimum atomic E-state index is -2.16. The van der Waals surface area contributed by atoms with Crippen molar-refractivity contribution in [2.75, 3.05) is 13.6 Å². The molecule has 1 saturated heterocycles. The molecule has 1 aromatic rings. The molecule has 12 heteroatoms. The number of aromatic hydroxyl groups is 1. The number of hydrogen-bond donors (Lipinski definition) is 3. The van der Waals surface area contributed by atoms with Gasteiger partial charge in [-0.3, -0.25) is 9.59 Å². The maximum atomic E-state index is 13.3. The lowest BCUT2D eigenvalue weighted by Gasteiger charge is -2.58. The van der Waals surface area contributed by atoms with Crippen LogP contribution in [0.5, 0.6) is 11.5 Å². The number of carboxylic acids is 1. The highest BCUT2D eigenvalue weighted by Gasteiger charge is 2.69. The lowest BCUT2D eigenvalue weighted by atomic mass is 9.54. The van der Waals surface area contributed by atoms with E-state index in [2.05, 4.69) is 0 Å². The van der Waals surface area contributed by atoms with Crippen LogP contribution in [0.15, 0.2) is 24.0 Å². The summed E-state index contributed by atoms with van der Waals surface area (Å²) in [6.45, 7) is 6.18. The second-order valence-electron chi connectivity index (χ2n) is 10.0. The van der Waals surface area contributed by atoms with Gasteiger partial charge in [-0.25, -0.2) is 9.59 Å². The van der Waals surface area contributed by atoms with Crippen molar-refractivity contribution in [3.05, 3.63) is 35.1 Å². The Hall–Kier alpha value is -3.64. The van der Waals surface area contributed by atoms with Crippen LogP contribution in [0, 0.1) is 6.92 Å². The Balaban J connectivity index is 1.78. The number of phenols is 1. The molecule has 3 N–H and O–H groups in total. The van der Waals surface area contributed by atoms with Gasteiger partial charge in [-0.2, -0.15) is 0 Å². The van der Waals surface area contributed by atoms with Gasteiger partial charge in [0.25, 0.3) is 0 Å². The molecule has 0 bridgehead atoms. The average Bonchev–Trinajstić information content (AvgIpc) is 3.20. The first-order valence-corrected chi connectivity index (χ1v) is 12.2. The van der Waals surface area contributed by atoms with Gasteiger partial charge < -0.3 is 39.2 Å². The first-order valence-electron chi connectivity index (χ1n) is 12.2. The summed E-state index contributed by atoms with van der Waals surface area (Å²) in [7, 11) is 1.89. The Kier molecular flexibility index (Phi) is 6.91. The van der Waals surface area contributed by atoms with Crippen molar-refractivity contribution in [3.63, 3.8) is 0 Å². The van der Waals surface area contributed by atoms with E-state index in [-0.39, 0.29) is 29.7 Å². The number of piperidine rings is 1. The standard InChI is InChI=1S/C26H31NO11/c1-12-6-7-16(30)19-18(12)25-10-11-27(5)13(2)26(25,34)9-8-17(22(25)38-19)37-24(33)21(36-15(4)29)20(23(31)32)35-14(3)28/h6-8,13,20-22,30,34H,9-11H2,1-5H3,(H,31,32)/t13-,20-,21-,22+,25+,26-/m1/s1. The topological polar surface area (TPSA) is 169 Å². The number of carboxylic acid groups (broad SMARTS) is 1. The van der Waals surface area contributed by atoms with Crippen molar-refractivity contribution >= 4 is 23.9 Å². The number of hydrogen-bond acceptors (Lipinski definition) is 11.